The maximum Gasteiger partial charge on any atom is 0.275 e. The molecular formula is C21H21N3O2. The molecule has 1 heterocycles. The SMILES string of the molecule is Cc1cc(C)n(Cc2ccccc2)c(=O)c1C(=O)NNc1ccccc1. The largest absolute Gasteiger partial charge is 0.308 e. The molecule has 0 radical (unpaired) electrons. The van der Waals surface area contributed by atoms with Gasteiger partial charge in [-0.05, 0) is 43.2 Å². The van der Waals surface area contributed by atoms with E-state index < -0.39 is 5.91 Å². The molecule has 2 N–H and O–H groups in total. The van der Waals surface area contributed by atoms with Crippen LogP contribution in [0.2, 0.25) is 0 Å². The Kier molecular flexibility index (Phi) is 5.17. The molecule has 0 fully saturated rings. The second-order valence-corrected chi connectivity index (χ2v) is 6.17. The summed E-state index contributed by atoms with van der Waals surface area (Å²) >= 11 is 0. The molecule has 0 saturated carbocycles. The summed E-state index contributed by atoms with van der Waals surface area (Å²) in [6.07, 6.45) is 0. The van der Waals surface area contributed by atoms with Gasteiger partial charge < -0.3 is 4.57 Å². The predicted molar refractivity (Wildman–Crippen MR) is 103 cm³/mol. The van der Waals surface area contributed by atoms with Crippen LogP contribution in [0.25, 0.3) is 0 Å². The normalized spacial score (nSPS) is 10.4. The fraction of sp³-hybridized carbons (Fsp3) is 0.143. The first kappa shape index (κ1) is 17.5. The van der Waals surface area contributed by atoms with Crippen molar-refractivity contribution in [2.45, 2.75) is 20.4 Å². The third-order valence-electron chi connectivity index (χ3n) is 4.21. The van der Waals surface area contributed by atoms with E-state index in [9.17, 15) is 9.59 Å². The highest BCUT2D eigenvalue weighted by molar-refractivity contribution is 5.95. The summed E-state index contributed by atoms with van der Waals surface area (Å²) in [5, 5.41) is 0. The van der Waals surface area contributed by atoms with Crippen molar-refractivity contribution in [3.8, 4) is 0 Å². The Balaban J connectivity index is 1.88. The van der Waals surface area contributed by atoms with Gasteiger partial charge in [0, 0.05) is 5.69 Å². The van der Waals surface area contributed by atoms with E-state index in [1.807, 2.05) is 73.7 Å². The highest BCUT2D eigenvalue weighted by atomic mass is 16.2. The first-order chi connectivity index (χ1) is 12.6. The van der Waals surface area contributed by atoms with Crippen molar-refractivity contribution in [3.05, 3.63) is 99.5 Å². The molecule has 5 nitrogen and oxygen atoms in total. The summed E-state index contributed by atoms with van der Waals surface area (Å²) in [6.45, 7) is 4.08. The molecule has 1 aromatic heterocycles. The first-order valence-corrected chi connectivity index (χ1v) is 8.42. The van der Waals surface area contributed by atoms with E-state index in [2.05, 4.69) is 10.9 Å². The number of aromatic nitrogens is 1. The minimum atomic E-state index is -0.446. The Morgan fingerprint density at radius 1 is 0.962 bits per heavy atom. The second-order valence-electron chi connectivity index (χ2n) is 6.17. The lowest BCUT2D eigenvalue weighted by molar-refractivity contribution is 0.0960. The van der Waals surface area contributed by atoms with Crippen LogP contribution in [0, 0.1) is 13.8 Å². The number of nitrogens with one attached hydrogen (secondary N) is 2. The van der Waals surface area contributed by atoms with Crippen LogP contribution < -0.4 is 16.4 Å². The number of hydrogen-bond acceptors (Lipinski definition) is 3. The number of hydrazine groups is 1. The molecule has 0 bridgehead atoms. The lowest BCUT2D eigenvalue weighted by Gasteiger charge is -2.15. The number of amides is 1. The number of carbonyl (C=O) groups excluding carboxylic acids is 1. The molecule has 0 aliphatic carbocycles. The van der Waals surface area contributed by atoms with Gasteiger partial charge in [0.1, 0.15) is 5.56 Å². The number of anilines is 1. The molecule has 3 rings (SSSR count). The fourth-order valence-corrected chi connectivity index (χ4v) is 2.88. The van der Waals surface area contributed by atoms with Crippen LogP contribution in [0.5, 0.6) is 0 Å². The molecule has 0 saturated heterocycles. The lowest BCUT2D eigenvalue weighted by Crippen LogP contribution is -2.37. The van der Waals surface area contributed by atoms with Gasteiger partial charge in [-0.2, -0.15) is 0 Å². The van der Waals surface area contributed by atoms with Gasteiger partial charge in [0.15, 0.2) is 0 Å². The monoisotopic (exact) mass is 347 g/mol. The van der Waals surface area contributed by atoms with Gasteiger partial charge in [-0.25, -0.2) is 0 Å². The number of pyridine rings is 1. The topological polar surface area (TPSA) is 63.1 Å². The van der Waals surface area contributed by atoms with Crippen LogP contribution in [0.1, 0.15) is 27.2 Å². The number of hydrogen-bond donors (Lipinski definition) is 2. The molecule has 2 aromatic carbocycles. The molecule has 26 heavy (non-hydrogen) atoms. The third-order valence-corrected chi connectivity index (χ3v) is 4.21. The summed E-state index contributed by atoms with van der Waals surface area (Å²) in [4.78, 5) is 25.5. The average molecular weight is 347 g/mol. The Morgan fingerprint density at radius 3 is 2.23 bits per heavy atom. The van der Waals surface area contributed by atoms with Crippen LogP contribution in [-0.2, 0) is 6.54 Å². The molecule has 0 spiro atoms. The second kappa shape index (κ2) is 7.70. The third kappa shape index (κ3) is 3.83. The predicted octanol–water partition coefficient (Wildman–Crippen LogP) is 3.27. The summed E-state index contributed by atoms with van der Waals surface area (Å²) in [5.74, 6) is -0.446. The molecular weight excluding hydrogens is 326 g/mol. The number of benzene rings is 2. The van der Waals surface area contributed by atoms with Crippen molar-refractivity contribution in [3.63, 3.8) is 0 Å². The van der Waals surface area contributed by atoms with Crippen molar-refractivity contribution in [2.75, 3.05) is 5.43 Å². The Labute approximate surface area is 152 Å². The molecule has 0 aliphatic rings. The molecule has 0 atom stereocenters. The minimum Gasteiger partial charge on any atom is -0.308 e. The molecule has 0 unspecified atom stereocenters. The van der Waals surface area contributed by atoms with Crippen molar-refractivity contribution in [2.24, 2.45) is 0 Å². The summed E-state index contributed by atoms with van der Waals surface area (Å²) in [5.41, 5.74) is 8.53. The summed E-state index contributed by atoms with van der Waals surface area (Å²) < 4.78 is 1.62. The van der Waals surface area contributed by atoms with Crippen molar-refractivity contribution < 1.29 is 4.79 Å². The van der Waals surface area contributed by atoms with Gasteiger partial charge in [-0.1, -0.05) is 48.5 Å². The van der Waals surface area contributed by atoms with Gasteiger partial charge in [0.2, 0.25) is 0 Å². The highest BCUT2D eigenvalue weighted by Gasteiger charge is 2.17. The molecule has 0 aliphatic heterocycles. The number of rotatable bonds is 5. The van der Waals surface area contributed by atoms with Crippen LogP contribution >= 0.6 is 0 Å². The van der Waals surface area contributed by atoms with E-state index in [1.54, 1.807) is 11.5 Å². The molecule has 1 amide bonds. The average Bonchev–Trinajstić information content (AvgIpc) is 2.65. The van der Waals surface area contributed by atoms with Crippen LogP contribution in [0.3, 0.4) is 0 Å². The number of aryl methyl sites for hydroxylation is 2. The van der Waals surface area contributed by atoms with Gasteiger partial charge in [-0.15, -0.1) is 0 Å². The van der Waals surface area contributed by atoms with E-state index >= 15 is 0 Å². The lowest BCUT2D eigenvalue weighted by atomic mass is 10.1. The van der Waals surface area contributed by atoms with Gasteiger partial charge >= 0.3 is 0 Å². The van der Waals surface area contributed by atoms with Crippen LogP contribution in [0.15, 0.2) is 71.5 Å². The zero-order valence-electron chi connectivity index (χ0n) is 14.8. The Bertz CT molecular complexity index is 964. The number of carbonyl (C=O) groups is 1. The molecule has 5 heteroatoms. The minimum absolute atomic E-state index is 0.148. The van der Waals surface area contributed by atoms with Crippen molar-refractivity contribution >= 4 is 11.6 Å². The zero-order valence-corrected chi connectivity index (χ0v) is 14.8. The van der Waals surface area contributed by atoms with Crippen LogP contribution in [0.4, 0.5) is 5.69 Å². The van der Waals surface area contributed by atoms with Crippen molar-refractivity contribution in [1.29, 1.82) is 0 Å². The van der Waals surface area contributed by atoms with E-state index in [4.69, 9.17) is 0 Å². The maximum atomic E-state index is 12.9. The van der Waals surface area contributed by atoms with Crippen molar-refractivity contribution in [1.82, 2.24) is 9.99 Å². The van der Waals surface area contributed by atoms with E-state index in [-0.39, 0.29) is 11.1 Å². The molecule has 3 aromatic rings. The smallest absolute Gasteiger partial charge is 0.275 e. The van der Waals surface area contributed by atoms with E-state index in [0.29, 0.717) is 12.1 Å². The van der Waals surface area contributed by atoms with Gasteiger partial charge in [-0.3, -0.25) is 20.4 Å². The molecule has 132 valence electrons. The fourth-order valence-electron chi connectivity index (χ4n) is 2.88. The quantitative estimate of drug-likeness (QED) is 0.696. The van der Waals surface area contributed by atoms with E-state index in [0.717, 1.165) is 16.9 Å². The highest BCUT2D eigenvalue weighted by Crippen LogP contribution is 2.10. The Hall–Kier alpha value is -3.34. The zero-order chi connectivity index (χ0) is 18.5. The van der Waals surface area contributed by atoms with Gasteiger partial charge in [0.05, 0.1) is 12.2 Å². The number of para-hydroxylation sites is 1. The summed E-state index contributed by atoms with van der Waals surface area (Å²) in [7, 11) is 0. The van der Waals surface area contributed by atoms with E-state index in [1.165, 1.54) is 0 Å². The Morgan fingerprint density at radius 2 is 1.58 bits per heavy atom. The summed E-state index contributed by atoms with van der Waals surface area (Å²) in [6, 6.07) is 20.8. The standard InChI is InChI=1S/C21H21N3O2/c1-15-13-16(2)24(14-17-9-5-3-6-10-17)21(26)19(15)20(25)23-22-18-11-7-4-8-12-18/h3-13,22H,14H2,1-2H3,(H,23,25). The van der Waals surface area contributed by atoms with Gasteiger partial charge in [0.25, 0.3) is 11.5 Å². The first-order valence-electron chi connectivity index (χ1n) is 8.42. The number of nitrogens with zero attached hydrogens (tertiary/aromatic N) is 1. The maximum absolute atomic E-state index is 12.9. The van der Waals surface area contributed by atoms with Crippen LogP contribution in [-0.4, -0.2) is 10.5 Å².